The monoisotopic (exact) mass is 252 g/mol. The van der Waals surface area contributed by atoms with Crippen LogP contribution in [0.5, 0.6) is 0 Å². The zero-order valence-corrected chi connectivity index (χ0v) is 12.0. The molecule has 1 amide bonds. The maximum atomic E-state index is 12.6. The lowest BCUT2D eigenvalue weighted by Gasteiger charge is -2.38. The molecule has 0 aromatic rings. The molecule has 1 N–H and O–H groups in total. The first-order chi connectivity index (χ1) is 8.72. The summed E-state index contributed by atoms with van der Waals surface area (Å²) >= 11 is 0. The molecule has 2 atom stereocenters. The SMILES string of the molecule is CCN(C(=O)C1CC(C)CCN1)C1CCCCC1. The van der Waals surface area contributed by atoms with Crippen LogP contribution in [0.2, 0.25) is 0 Å². The predicted molar refractivity (Wildman–Crippen MR) is 74.4 cm³/mol. The van der Waals surface area contributed by atoms with Gasteiger partial charge < -0.3 is 10.2 Å². The van der Waals surface area contributed by atoms with Crippen molar-refractivity contribution >= 4 is 5.91 Å². The van der Waals surface area contributed by atoms with Crippen LogP contribution in [-0.2, 0) is 4.79 Å². The number of carbonyl (C=O) groups excluding carboxylic acids is 1. The molecule has 104 valence electrons. The lowest BCUT2D eigenvalue weighted by Crippen LogP contribution is -2.53. The van der Waals surface area contributed by atoms with Gasteiger partial charge in [0.15, 0.2) is 0 Å². The van der Waals surface area contributed by atoms with E-state index in [0.717, 1.165) is 19.5 Å². The van der Waals surface area contributed by atoms with Crippen molar-refractivity contribution in [3.63, 3.8) is 0 Å². The van der Waals surface area contributed by atoms with Crippen molar-refractivity contribution in [3.05, 3.63) is 0 Å². The van der Waals surface area contributed by atoms with Gasteiger partial charge in [-0.3, -0.25) is 4.79 Å². The number of carbonyl (C=O) groups is 1. The summed E-state index contributed by atoms with van der Waals surface area (Å²) in [5.74, 6) is 1.04. The summed E-state index contributed by atoms with van der Waals surface area (Å²) in [5.41, 5.74) is 0. The summed E-state index contributed by atoms with van der Waals surface area (Å²) in [6, 6.07) is 0.589. The molecule has 1 aliphatic carbocycles. The normalized spacial score (nSPS) is 30.1. The highest BCUT2D eigenvalue weighted by Gasteiger charge is 2.31. The standard InChI is InChI=1S/C15H28N2O/c1-3-17(13-7-5-4-6-8-13)15(18)14-11-12(2)9-10-16-14/h12-14,16H,3-11H2,1-2H3. The Balaban J connectivity index is 1.95. The van der Waals surface area contributed by atoms with E-state index in [9.17, 15) is 4.79 Å². The second-order valence-electron chi connectivity index (χ2n) is 6.05. The minimum Gasteiger partial charge on any atom is -0.339 e. The molecule has 0 aromatic heterocycles. The molecule has 0 radical (unpaired) electrons. The zero-order chi connectivity index (χ0) is 13.0. The summed E-state index contributed by atoms with van der Waals surface area (Å²) < 4.78 is 0. The Hall–Kier alpha value is -0.570. The molecule has 0 aromatic carbocycles. The molecule has 1 saturated carbocycles. The highest BCUT2D eigenvalue weighted by Crippen LogP contribution is 2.24. The van der Waals surface area contributed by atoms with Crippen molar-refractivity contribution in [2.45, 2.75) is 70.9 Å². The fourth-order valence-electron chi connectivity index (χ4n) is 3.48. The molecule has 2 fully saturated rings. The molecule has 0 spiro atoms. The molecule has 3 heteroatoms. The second kappa shape index (κ2) is 6.55. The minimum atomic E-state index is 0.0793. The van der Waals surface area contributed by atoms with E-state index in [0.29, 0.717) is 17.9 Å². The fraction of sp³-hybridized carbons (Fsp3) is 0.933. The summed E-state index contributed by atoms with van der Waals surface area (Å²) in [5, 5.41) is 3.41. The van der Waals surface area contributed by atoms with Crippen LogP contribution >= 0.6 is 0 Å². The third-order valence-corrected chi connectivity index (χ3v) is 4.60. The Morgan fingerprint density at radius 2 is 1.94 bits per heavy atom. The van der Waals surface area contributed by atoms with Crippen LogP contribution in [-0.4, -0.2) is 36.0 Å². The number of likely N-dealkylation sites (N-methyl/N-ethyl adjacent to an activating group) is 1. The highest BCUT2D eigenvalue weighted by atomic mass is 16.2. The van der Waals surface area contributed by atoms with E-state index in [-0.39, 0.29) is 6.04 Å². The lowest BCUT2D eigenvalue weighted by molar-refractivity contribution is -0.137. The molecular formula is C15H28N2O. The van der Waals surface area contributed by atoms with Crippen LogP contribution in [0.25, 0.3) is 0 Å². The average molecular weight is 252 g/mol. The quantitative estimate of drug-likeness (QED) is 0.837. The molecule has 0 bridgehead atoms. The number of amides is 1. The number of nitrogens with one attached hydrogen (secondary N) is 1. The third kappa shape index (κ3) is 3.25. The number of nitrogens with zero attached hydrogens (tertiary/aromatic N) is 1. The van der Waals surface area contributed by atoms with Gasteiger partial charge >= 0.3 is 0 Å². The maximum absolute atomic E-state index is 12.6. The van der Waals surface area contributed by atoms with E-state index in [1.54, 1.807) is 0 Å². The Bertz CT molecular complexity index is 274. The van der Waals surface area contributed by atoms with E-state index in [1.165, 1.54) is 38.5 Å². The Morgan fingerprint density at radius 1 is 1.22 bits per heavy atom. The third-order valence-electron chi connectivity index (χ3n) is 4.60. The topological polar surface area (TPSA) is 32.3 Å². The second-order valence-corrected chi connectivity index (χ2v) is 6.05. The highest BCUT2D eigenvalue weighted by molar-refractivity contribution is 5.82. The van der Waals surface area contributed by atoms with E-state index in [2.05, 4.69) is 24.1 Å². The van der Waals surface area contributed by atoms with Gasteiger partial charge in [-0.2, -0.15) is 0 Å². The van der Waals surface area contributed by atoms with Crippen LogP contribution in [0.4, 0.5) is 0 Å². The van der Waals surface area contributed by atoms with Crippen molar-refractivity contribution in [2.75, 3.05) is 13.1 Å². The lowest BCUT2D eigenvalue weighted by atomic mass is 9.91. The summed E-state index contributed by atoms with van der Waals surface area (Å²) in [4.78, 5) is 14.8. The van der Waals surface area contributed by atoms with Gasteiger partial charge in [0.2, 0.25) is 5.91 Å². The van der Waals surface area contributed by atoms with Gasteiger partial charge in [0.1, 0.15) is 0 Å². The summed E-state index contributed by atoms with van der Waals surface area (Å²) in [7, 11) is 0. The van der Waals surface area contributed by atoms with Gasteiger partial charge in [0.25, 0.3) is 0 Å². The van der Waals surface area contributed by atoms with Crippen molar-refractivity contribution < 1.29 is 4.79 Å². The molecule has 2 aliphatic rings. The van der Waals surface area contributed by atoms with Crippen LogP contribution in [0, 0.1) is 5.92 Å². The molecule has 1 heterocycles. The Morgan fingerprint density at radius 3 is 2.56 bits per heavy atom. The predicted octanol–water partition coefficient (Wildman–Crippen LogP) is 2.56. The first kappa shape index (κ1) is 13.9. The van der Waals surface area contributed by atoms with Crippen LogP contribution in [0.15, 0.2) is 0 Å². The van der Waals surface area contributed by atoms with E-state index in [4.69, 9.17) is 0 Å². The van der Waals surface area contributed by atoms with Gasteiger partial charge in [-0.05, 0) is 45.1 Å². The van der Waals surface area contributed by atoms with E-state index in [1.807, 2.05) is 0 Å². The molecule has 2 unspecified atom stereocenters. The molecule has 1 aliphatic heterocycles. The van der Waals surface area contributed by atoms with Gasteiger partial charge in [0, 0.05) is 12.6 Å². The van der Waals surface area contributed by atoms with E-state index >= 15 is 0 Å². The van der Waals surface area contributed by atoms with Gasteiger partial charge in [-0.25, -0.2) is 0 Å². The number of rotatable bonds is 3. The van der Waals surface area contributed by atoms with Crippen LogP contribution < -0.4 is 5.32 Å². The van der Waals surface area contributed by atoms with Crippen molar-refractivity contribution in [1.29, 1.82) is 0 Å². The van der Waals surface area contributed by atoms with Crippen molar-refractivity contribution in [3.8, 4) is 0 Å². The average Bonchev–Trinajstić information content (AvgIpc) is 2.41. The van der Waals surface area contributed by atoms with Crippen LogP contribution in [0.3, 0.4) is 0 Å². The minimum absolute atomic E-state index is 0.0793. The zero-order valence-electron chi connectivity index (χ0n) is 12.0. The van der Waals surface area contributed by atoms with Crippen molar-refractivity contribution in [2.24, 2.45) is 5.92 Å². The molecule has 18 heavy (non-hydrogen) atoms. The van der Waals surface area contributed by atoms with Crippen molar-refractivity contribution in [1.82, 2.24) is 10.2 Å². The van der Waals surface area contributed by atoms with Gasteiger partial charge in [-0.1, -0.05) is 26.2 Å². The smallest absolute Gasteiger partial charge is 0.239 e. The largest absolute Gasteiger partial charge is 0.339 e. The molecule has 2 rings (SSSR count). The van der Waals surface area contributed by atoms with Crippen LogP contribution in [0.1, 0.15) is 58.8 Å². The molecule has 1 saturated heterocycles. The van der Waals surface area contributed by atoms with Gasteiger partial charge in [-0.15, -0.1) is 0 Å². The summed E-state index contributed by atoms with van der Waals surface area (Å²) in [6.07, 6.45) is 8.58. The first-order valence-corrected chi connectivity index (χ1v) is 7.76. The Labute approximate surface area is 111 Å². The van der Waals surface area contributed by atoms with Gasteiger partial charge in [0.05, 0.1) is 6.04 Å². The number of piperidine rings is 1. The number of hydrogen-bond donors (Lipinski definition) is 1. The Kier molecular flexibility index (Phi) is 5.04. The first-order valence-electron chi connectivity index (χ1n) is 7.76. The fourth-order valence-corrected chi connectivity index (χ4v) is 3.48. The summed E-state index contributed by atoms with van der Waals surface area (Å²) in [6.45, 7) is 6.26. The van der Waals surface area contributed by atoms with E-state index < -0.39 is 0 Å². The molecular weight excluding hydrogens is 224 g/mol. The number of hydrogen-bond acceptors (Lipinski definition) is 2. The maximum Gasteiger partial charge on any atom is 0.239 e. The molecule has 3 nitrogen and oxygen atoms in total.